The number of benzene rings is 9. The van der Waals surface area contributed by atoms with Gasteiger partial charge < -0.3 is 4.90 Å². The van der Waals surface area contributed by atoms with Crippen LogP contribution in [-0.4, -0.2) is 0 Å². The van der Waals surface area contributed by atoms with E-state index in [2.05, 4.69) is 255 Å². The average Bonchev–Trinajstić information content (AvgIpc) is 4.06. The molecule has 71 heavy (non-hydrogen) atoms. The Morgan fingerprint density at radius 3 is 1.68 bits per heavy atom. The largest absolute Gasteiger partial charge is 0.310 e. The molecule has 0 amide bonds. The van der Waals surface area contributed by atoms with E-state index in [1.54, 1.807) is 0 Å². The fraction of sp³-hybridized carbons (Fsp3) is 0.143. The molecular weight excluding hydrogens is 855 g/mol. The maximum atomic E-state index is 2.54. The Morgan fingerprint density at radius 1 is 0.408 bits per heavy atom. The summed E-state index contributed by atoms with van der Waals surface area (Å²) in [6.07, 6.45) is 17.9. The minimum atomic E-state index is -0.0770. The number of nitrogens with zero attached hydrogens (tertiary/aromatic N) is 1. The second-order valence-corrected chi connectivity index (χ2v) is 20.2. The predicted octanol–water partition coefficient (Wildman–Crippen LogP) is 18.5. The first kappa shape index (κ1) is 43.1. The van der Waals surface area contributed by atoms with E-state index in [1.165, 1.54) is 106 Å². The molecule has 0 fully saturated rings. The molecule has 9 aromatic rings. The van der Waals surface area contributed by atoms with Crippen molar-refractivity contribution in [2.75, 3.05) is 4.90 Å². The van der Waals surface area contributed by atoms with Crippen molar-refractivity contribution in [3.05, 3.63) is 275 Å². The number of para-hydroxylation sites is 2. The van der Waals surface area contributed by atoms with E-state index < -0.39 is 0 Å². The predicted molar refractivity (Wildman–Crippen MR) is 301 cm³/mol. The molecule has 0 bridgehead atoms. The molecule has 342 valence electrons. The van der Waals surface area contributed by atoms with E-state index in [1.807, 2.05) is 0 Å². The standard InChI is InChI=1S/C70H57N/c1-3-69(4-2)66-42-49(32-38-61(66)63-41-37-58(45-68(63)69)71(56-22-10-6-11-23-56)57-24-12-7-13-25-57)29-28-48-30-33-51(34-31-48)64-43-52(50-18-8-5-9-19-50)35-39-59(64)53-36-40-62-60-26-16-17-27-65(60)70(67(62)44-53)46-54-20-14-15-21-55(54)47-70/h6-8,10-45H,3-5,9,46-47H2,1-2H3/b29-28+. The van der Waals surface area contributed by atoms with Crippen LogP contribution in [-0.2, 0) is 23.7 Å². The number of rotatable bonds is 10. The third kappa shape index (κ3) is 7.12. The third-order valence-electron chi connectivity index (χ3n) is 16.6. The van der Waals surface area contributed by atoms with Gasteiger partial charge in [0.2, 0.25) is 0 Å². The quantitative estimate of drug-likeness (QED) is 0.124. The van der Waals surface area contributed by atoms with Gasteiger partial charge in [0, 0.05) is 27.9 Å². The van der Waals surface area contributed by atoms with Crippen molar-refractivity contribution in [3.8, 4) is 44.5 Å². The average molecular weight is 912 g/mol. The normalized spacial score (nSPS) is 15.3. The molecule has 0 aliphatic heterocycles. The van der Waals surface area contributed by atoms with Crippen LogP contribution >= 0.6 is 0 Å². The van der Waals surface area contributed by atoms with Crippen molar-refractivity contribution in [1.29, 1.82) is 0 Å². The van der Waals surface area contributed by atoms with Gasteiger partial charge in [-0.05, 0) is 187 Å². The summed E-state index contributed by atoms with van der Waals surface area (Å²) in [6, 6.07) is 77.8. The molecule has 0 atom stereocenters. The van der Waals surface area contributed by atoms with Gasteiger partial charge in [0.05, 0.1) is 0 Å². The molecular formula is C70H57N. The highest BCUT2D eigenvalue weighted by Gasteiger charge is 2.47. The number of hydrogen-bond donors (Lipinski definition) is 0. The van der Waals surface area contributed by atoms with Crippen LogP contribution in [0.2, 0.25) is 0 Å². The lowest BCUT2D eigenvalue weighted by Crippen LogP contribution is -2.25. The van der Waals surface area contributed by atoms with Crippen LogP contribution < -0.4 is 4.90 Å². The Balaban J connectivity index is 0.831. The fourth-order valence-corrected chi connectivity index (χ4v) is 13.0. The van der Waals surface area contributed by atoms with Gasteiger partial charge >= 0.3 is 0 Å². The summed E-state index contributed by atoms with van der Waals surface area (Å²) >= 11 is 0. The first-order valence-electron chi connectivity index (χ1n) is 25.8. The van der Waals surface area contributed by atoms with Gasteiger partial charge in [-0.25, -0.2) is 0 Å². The van der Waals surface area contributed by atoms with E-state index in [9.17, 15) is 0 Å². The van der Waals surface area contributed by atoms with Crippen LogP contribution in [0.25, 0.3) is 62.2 Å². The molecule has 0 saturated carbocycles. The molecule has 1 heteroatoms. The molecule has 1 spiro atoms. The SMILES string of the molecule is CCC1(CC)c2cc(/C=C/c3ccc(-c4cc(C5=CCCC=C5)ccc4-c4ccc5c(c4)C4(Cc6ccccc6C4)c4ccccc4-5)cc3)ccc2-c2ccc(N(c3ccccc3)c3ccccc3)cc21. The van der Waals surface area contributed by atoms with Gasteiger partial charge in [-0.1, -0.05) is 202 Å². The van der Waals surface area contributed by atoms with Crippen molar-refractivity contribution in [2.24, 2.45) is 0 Å². The molecule has 0 unspecified atom stereocenters. The maximum Gasteiger partial charge on any atom is 0.0465 e. The van der Waals surface area contributed by atoms with Gasteiger partial charge in [-0.2, -0.15) is 0 Å². The molecule has 1 nitrogen and oxygen atoms in total. The van der Waals surface area contributed by atoms with Crippen molar-refractivity contribution in [3.63, 3.8) is 0 Å². The Kier molecular flexibility index (Phi) is 10.6. The van der Waals surface area contributed by atoms with Gasteiger partial charge in [-0.3, -0.25) is 0 Å². The Bertz CT molecular complexity index is 3540. The zero-order valence-corrected chi connectivity index (χ0v) is 40.7. The Morgan fingerprint density at radius 2 is 0.972 bits per heavy atom. The monoisotopic (exact) mass is 911 g/mol. The van der Waals surface area contributed by atoms with Gasteiger partial charge in [0.15, 0.2) is 0 Å². The summed E-state index contributed by atoms with van der Waals surface area (Å²) in [6.45, 7) is 4.73. The summed E-state index contributed by atoms with van der Waals surface area (Å²) in [5, 5.41) is 0. The van der Waals surface area contributed by atoms with Crippen LogP contribution in [0.1, 0.15) is 89.6 Å². The summed E-state index contributed by atoms with van der Waals surface area (Å²) in [5.74, 6) is 0. The van der Waals surface area contributed by atoms with Crippen LogP contribution in [0.15, 0.2) is 224 Å². The molecule has 0 heterocycles. The zero-order chi connectivity index (χ0) is 47.5. The minimum absolute atomic E-state index is 0.0503. The zero-order valence-electron chi connectivity index (χ0n) is 40.7. The molecule has 0 radical (unpaired) electrons. The smallest absolute Gasteiger partial charge is 0.0465 e. The van der Waals surface area contributed by atoms with Crippen molar-refractivity contribution >= 4 is 34.8 Å². The van der Waals surface area contributed by atoms with E-state index >= 15 is 0 Å². The number of fused-ring (bicyclic) bond motifs is 9. The first-order valence-corrected chi connectivity index (χ1v) is 25.8. The summed E-state index contributed by atoms with van der Waals surface area (Å²) in [5.41, 5.74) is 27.7. The summed E-state index contributed by atoms with van der Waals surface area (Å²) < 4.78 is 0. The second-order valence-electron chi connectivity index (χ2n) is 20.2. The Hall–Kier alpha value is -8.00. The highest BCUT2D eigenvalue weighted by atomic mass is 15.1. The van der Waals surface area contributed by atoms with E-state index in [-0.39, 0.29) is 10.8 Å². The minimum Gasteiger partial charge on any atom is -0.310 e. The van der Waals surface area contributed by atoms with E-state index in [0.29, 0.717) is 0 Å². The summed E-state index contributed by atoms with van der Waals surface area (Å²) in [7, 11) is 0. The van der Waals surface area contributed by atoms with Crippen LogP contribution in [0.3, 0.4) is 0 Å². The molecule has 9 aromatic carbocycles. The number of allylic oxidation sites excluding steroid dienone is 4. The van der Waals surface area contributed by atoms with Crippen molar-refractivity contribution < 1.29 is 0 Å². The molecule has 13 rings (SSSR count). The first-order chi connectivity index (χ1) is 35.0. The van der Waals surface area contributed by atoms with Crippen molar-refractivity contribution in [1.82, 2.24) is 0 Å². The lowest BCUT2D eigenvalue weighted by molar-refractivity contribution is 0.490. The highest BCUT2D eigenvalue weighted by molar-refractivity contribution is 5.92. The molecule has 0 saturated heterocycles. The maximum absolute atomic E-state index is 2.54. The van der Waals surface area contributed by atoms with E-state index in [0.717, 1.165) is 49.9 Å². The lowest BCUT2D eigenvalue weighted by Gasteiger charge is -2.32. The van der Waals surface area contributed by atoms with Crippen molar-refractivity contribution in [2.45, 2.75) is 63.2 Å². The number of hydrogen-bond acceptors (Lipinski definition) is 1. The third-order valence-corrected chi connectivity index (χ3v) is 16.6. The second kappa shape index (κ2) is 17.4. The molecule has 0 aromatic heterocycles. The summed E-state index contributed by atoms with van der Waals surface area (Å²) in [4.78, 5) is 2.39. The highest BCUT2D eigenvalue weighted by Crippen LogP contribution is 2.57. The van der Waals surface area contributed by atoms with Crippen LogP contribution in [0.5, 0.6) is 0 Å². The van der Waals surface area contributed by atoms with Gasteiger partial charge in [-0.15, -0.1) is 0 Å². The molecule has 4 aliphatic rings. The molecule has 0 N–H and O–H groups in total. The van der Waals surface area contributed by atoms with Crippen LogP contribution in [0.4, 0.5) is 17.1 Å². The van der Waals surface area contributed by atoms with Gasteiger partial charge in [0.1, 0.15) is 0 Å². The van der Waals surface area contributed by atoms with Gasteiger partial charge in [0.25, 0.3) is 0 Å². The molecule has 4 aliphatic carbocycles. The van der Waals surface area contributed by atoms with E-state index in [4.69, 9.17) is 0 Å². The number of anilines is 3. The topological polar surface area (TPSA) is 3.24 Å². The lowest BCUT2D eigenvalue weighted by atomic mass is 9.73. The fourth-order valence-electron chi connectivity index (χ4n) is 13.0. The Labute approximate surface area is 419 Å². The van der Waals surface area contributed by atoms with Crippen LogP contribution in [0, 0.1) is 0 Å².